The number of nitrogens with zero attached hydrogens (tertiary/aromatic N) is 4. The lowest BCUT2D eigenvalue weighted by Crippen LogP contribution is -2.55. The lowest BCUT2D eigenvalue weighted by Gasteiger charge is -2.47. The Morgan fingerprint density at radius 1 is 1.32 bits per heavy atom. The first kappa shape index (κ1) is 20.0. The molecule has 1 aliphatic rings. The number of benzene rings is 1. The molecule has 137 valence electrons. The molecule has 0 aromatic heterocycles. The summed E-state index contributed by atoms with van der Waals surface area (Å²) in [6.45, 7) is 13.0. The van der Waals surface area contributed by atoms with Gasteiger partial charge in [-0.1, -0.05) is 56.2 Å². The van der Waals surface area contributed by atoms with Gasteiger partial charge in [-0.15, -0.1) is 0 Å². The van der Waals surface area contributed by atoms with E-state index < -0.39 is 9.04 Å². The highest BCUT2D eigenvalue weighted by molar-refractivity contribution is 6.48. The van der Waals surface area contributed by atoms with Crippen LogP contribution in [0.25, 0.3) is 10.4 Å². The third-order valence-corrected chi connectivity index (χ3v) is 5.47. The van der Waals surface area contributed by atoms with Gasteiger partial charge in [-0.2, -0.15) is 0 Å². The zero-order valence-corrected chi connectivity index (χ0v) is 17.1. The first-order chi connectivity index (χ1) is 11.8. The van der Waals surface area contributed by atoms with Crippen LogP contribution in [0.15, 0.2) is 35.4 Å². The lowest BCUT2D eigenvalue weighted by atomic mass is 9.80. The van der Waals surface area contributed by atoms with Crippen molar-refractivity contribution < 1.29 is 4.43 Å². The van der Waals surface area contributed by atoms with Gasteiger partial charge in [0, 0.05) is 23.5 Å². The standard InChI is InChI=1S/C19H31N4OSi/c1-19(2,3)18(24-25(4)5)17-13-16(21-22-20)11-12-23(17)14-15-9-7-6-8-10-15/h6-10,16-18H,11-14H2,1-5H3. The molecule has 6 heteroatoms. The maximum absolute atomic E-state index is 8.87. The van der Waals surface area contributed by atoms with Crippen LogP contribution in [0.1, 0.15) is 39.2 Å². The van der Waals surface area contributed by atoms with Crippen molar-refractivity contribution in [3.8, 4) is 0 Å². The molecule has 5 nitrogen and oxygen atoms in total. The van der Waals surface area contributed by atoms with Crippen LogP contribution in [0.5, 0.6) is 0 Å². The molecule has 1 aliphatic heterocycles. The van der Waals surface area contributed by atoms with E-state index in [1.54, 1.807) is 0 Å². The average molecular weight is 360 g/mol. The highest BCUT2D eigenvalue weighted by atomic mass is 28.3. The van der Waals surface area contributed by atoms with Crippen molar-refractivity contribution in [2.45, 2.75) is 71.4 Å². The van der Waals surface area contributed by atoms with Gasteiger partial charge in [0.25, 0.3) is 0 Å². The Kier molecular flexibility index (Phi) is 7.08. The first-order valence-corrected chi connectivity index (χ1v) is 11.5. The molecule has 1 heterocycles. The summed E-state index contributed by atoms with van der Waals surface area (Å²) in [5, 5.41) is 4.03. The quantitative estimate of drug-likeness (QED) is 0.310. The predicted octanol–water partition coefficient (Wildman–Crippen LogP) is 5.01. The van der Waals surface area contributed by atoms with Gasteiger partial charge in [0.2, 0.25) is 9.04 Å². The molecule has 1 aromatic rings. The van der Waals surface area contributed by atoms with E-state index in [9.17, 15) is 0 Å². The molecule has 0 bridgehead atoms. The second-order valence-electron chi connectivity index (χ2n) is 8.22. The second kappa shape index (κ2) is 8.85. The molecule has 0 aliphatic carbocycles. The van der Waals surface area contributed by atoms with Crippen molar-refractivity contribution in [3.05, 3.63) is 46.3 Å². The Morgan fingerprint density at radius 2 is 2.00 bits per heavy atom. The molecule has 2 rings (SSSR count). The summed E-state index contributed by atoms with van der Waals surface area (Å²) in [7, 11) is -0.819. The van der Waals surface area contributed by atoms with Gasteiger partial charge in [-0.05, 0) is 49.0 Å². The fourth-order valence-electron chi connectivity index (χ4n) is 3.62. The van der Waals surface area contributed by atoms with Crippen LogP contribution in [0.4, 0.5) is 0 Å². The van der Waals surface area contributed by atoms with Gasteiger partial charge in [-0.3, -0.25) is 4.90 Å². The summed E-state index contributed by atoms with van der Waals surface area (Å²) in [6.07, 6.45) is 1.92. The van der Waals surface area contributed by atoms with Gasteiger partial charge in [0.15, 0.2) is 0 Å². The van der Waals surface area contributed by atoms with E-state index in [0.29, 0.717) is 0 Å². The average Bonchev–Trinajstić information content (AvgIpc) is 2.54. The van der Waals surface area contributed by atoms with Crippen LogP contribution < -0.4 is 0 Å². The summed E-state index contributed by atoms with van der Waals surface area (Å²) in [4.78, 5) is 5.58. The molecule has 3 unspecified atom stereocenters. The Labute approximate surface area is 153 Å². The van der Waals surface area contributed by atoms with Crippen molar-refractivity contribution in [1.29, 1.82) is 0 Å². The highest BCUT2D eigenvalue weighted by Gasteiger charge is 2.40. The van der Waals surface area contributed by atoms with E-state index in [1.165, 1.54) is 5.56 Å². The molecule has 1 aromatic carbocycles. The number of hydrogen-bond donors (Lipinski definition) is 0. The van der Waals surface area contributed by atoms with Crippen LogP contribution in [0.2, 0.25) is 13.1 Å². The van der Waals surface area contributed by atoms with Crippen molar-refractivity contribution in [2.75, 3.05) is 6.54 Å². The Morgan fingerprint density at radius 3 is 2.56 bits per heavy atom. The maximum atomic E-state index is 8.87. The summed E-state index contributed by atoms with van der Waals surface area (Å²) in [6, 6.07) is 10.9. The molecule has 1 fully saturated rings. The molecule has 25 heavy (non-hydrogen) atoms. The van der Waals surface area contributed by atoms with Gasteiger partial charge in [0.1, 0.15) is 0 Å². The zero-order chi connectivity index (χ0) is 18.4. The summed E-state index contributed by atoms with van der Waals surface area (Å²) >= 11 is 0. The minimum absolute atomic E-state index is 0.0415. The van der Waals surface area contributed by atoms with Gasteiger partial charge in [0.05, 0.1) is 6.10 Å². The van der Waals surface area contributed by atoms with E-state index in [1.807, 2.05) is 0 Å². The predicted molar refractivity (Wildman–Crippen MR) is 105 cm³/mol. The molecular weight excluding hydrogens is 328 g/mol. The monoisotopic (exact) mass is 359 g/mol. The van der Waals surface area contributed by atoms with E-state index >= 15 is 0 Å². The number of hydrogen-bond acceptors (Lipinski definition) is 3. The minimum Gasteiger partial charge on any atom is -0.412 e. The molecular formula is C19H31N4OSi. The molecule has 1 radical (unpaired) electrons. The van der Waals surface area contributed by atoms with Crippen LogP contribution in [-0.4, -0.2) is 38.7 Å². The fourth-order valence-corrected chi connectivity index (χ4v) is 4.64. The summed E-state index contributed by atoms with van der Waals surface area (Å²) in [5.41, 5.74) is 10.2. The Balaban J connectivity index is 2.27. The molecule has 0 N–H and O–H groups in total. The van der Waals surface area contributed by atoms with E-state index in [0.717, 1.165) is 25.9 Å². The lowest BCUT2D eigenvalue weighted by molar-refractivity contribution is -0.0263. The number of rotatable bonds is 6. The van der Waals surface area contributed by atoms with Gasteiger partial charge in [-0.25, -0.2) is 0 Å². The van der Waals surface area contributed by atoms with Crippen molar-refractivity contribution >= 4 is 9.04 Å². The first-order valence-electron chi connectivity index (χ1n) is 9.10. The molecule has 0 amide bonds. The third-order valence-electron chi connectivity index (χ3n) is 4.74. The van der Waals surface area contributed by atoms with E-state index in [2.05, 4.69) is 79.1 Å². The molecule has 0 saturated carbocycles. The van der Waals surface area contributed by atoms with Crippen LogP contribution in [0.3, 0.4) is 0 Å². The van der Waals surface area contributed by atoms with Crippen LogP contribution in [0, 0.1) is 5.41 Å². The van der Waals surface area contributed by atoms with Crippen molar-refractivity contribution in [2.24, 2.45) is 10.5 Å². The van der Waals surface area contributed by atoms with E-state index in [-0.39, 0.29) is 23.6 Å². The summed E-state index contributed by atoms with van der Waals surface area (Å²) < 4.78 is 6.47. The van der Waals surface area contributed by atoms with E-state index in [4.69, 9.17) is 9.96 Å². The largest absolute Gasteiger partial charge is 0.412 e. The van der Waals surface area contributed by atoms with Crippen LogP contribution in [-0.2, 0) is 11.0 Å². The zero-order valence-electron chi connectivity index (χ0n) is 16.1. The normalized spacial score (nSPS) is 23.3. The number of likely N-dealkylation sites (tertiary alicyclic amines) is 1. The smallest absolute Gasteiger partial charge is 0.205 e. The maximum Gasteiger partial charge on any atom is 0.205 e. The fraction of sp³-hybridized carbons (Fsp3) is 0.684. The van der Waals surface area contributed by atoms with Gasteiger partial charge < -0.3 is 4.43 Å². The molecule has 3 atom stereocenters. The molecule has 0 spiro atoms. The Hall–Kier alpha value is -1.33. The Bertz CT molecular complexity index is 581. The molecule has 1 saturated heterocycles. The van der Waals surface area contributed by atoms with Gasteiger partial charge >= 0.3 is 0 Å². The summed E-state index contributed by atoms with van der Waals surface area (Å²) in [5.74, 6) is 0. The third kappa shape index (κ3) is 5.85. The highest BCUT2D eigenvalue weighted by Crippen LogP contribution is 2.34. The number of azide groups is 1. The second-order valence-corrected chi connectivity index (χ2v) is 10.3. The van der Waals surface area contributed by atoms with Crippen molar-refractivity contribution in [3.63, 3.8) is 0 Å². The number of piperidine rings is 1. The SMILES string of the molecule is C[Si](C)OC(C1CC(N=[N+]=[N-])CCN1Cc1ccccc1)C(C)(C)C. The van der Waals surface area contributed by atoms with Crippen molar-refractivity contribution in [1.82, 2.24) is 4.90 Å². The van der Waals surface area contributed by atoms with Crippen LogP contribution >= 0.6 is 0 Å². The minimum atomic E-state index is -0.819. The topological polar surface area (TPSA) is 61.2 Å².